The first kappa shape index (κ1) is 13.2. The molecule has 0 aliphatic heterocycles. The third-order valence-corrected chi connectivity index (χ3v) is 4.08. The van der Waals surface area contributed by atoms with E-state index in [1.54, 1.807) is 4.52 Å². The molecule has 3 heterocycles. The lowest BCUT2D eigenvalue weighted by Crippen LogP contribution is -2.23. The van der Waals surface area contributed by atoms with Gasteiger partial charge in [0.05, 0.1) is 6.54 Å². The minimum absolute atomic E-state index is 0.742. The van der Waals surface area contributed by atoms with E-state index in [1.807, 2.05) is 13.0 Å². The molecular weight excluding hydrogens is 276 g/mol. The Morgan fingerprint density at radius 3 is 2.75 bits per heavy atom. The number of hydrogen-bond acceptors (Lipinski definition) is 7. The maximum Gasteiger partial charge on any atom is 0.235 e. The first-order chi connectivity index (χ1) is 9.71. The highest BCUT2D eigenvalue weighted by atomic mass is 32.1. The zero-order valence-electron chi connectivity index (χ0n) is 11.7. The average molecular weight is 292 g/mol. The number of rotatable bonds is 5. The highest BCUT2D eigenvalue weighted by Gasteiger charge is 2.16. The van der Waals surface area contributed by atoms with E-state index in [1.165, 1.54) is 11.3 Å². The van der Waals surface area contributed by atoms with Gasteiger partial charge in [-0.1, -0.05) is 30.3 Å². The number of aromatic nitrogens is 5. The minimum Gasteiger partial charge on any atom is -0.361 e. The van der Waals surface area contributed by atoms with Gasteiger partial charge in [0.15, 0.2) is 10.8 Å². The van der Waals surface area contributed by atoms with Gasteiger partial charge in [-0.05, 0) is 20.0 Å². The molecule has 3 aromatic rings. The van der Waals surface area contributed by atoms with Crippen LogP contribution in [-0.4, -0.2) is 43.0 Å². The Kier molecular flexibility index (Phi) is 3.49. The predicted molar refractivity (Wildman–Crippen MR) is 75.5 cm³/mol. The topological polar surface area (TPSA) is 72.3 Å². The maximum atomic E-state index is 5.08. The van der Waals surface area contributed by atoms with Crippen molar-refractivity contribution in [3.8, 4) is 10.7 Å². The summed E-state index contributed by atoms with van der Waals surface area (Å²) < 4.78 is 6.88. The van der Waals surface area contributed by atoms with Crippen LogP contribution in [0.1, 0.15) is 25.4 Å². The summed E-state index contributed by atoms with van der Waals surface area (Å²) in [5.74, 6) is 1.63. The summed E-state index contributed by atoms with van der Waals surface area (Å²) in [6, 6.07) is 1.87. The van der Waals surface area contributed by atoms with E-state index in [0.29, 0.717) is 0 Å². The van der Waals surface area contributed by atoms with Crippen LogP contribution in [0.2, 0.25) is 0 Å². The molecule has 106 valence electrons. The van der Waals surface area contributed by atoms with Crippen molar-refractivity contribution in [1.82, 2.24) is 29.9 Å². The van der Waals surface area contributed by atoms with Crippen LogP contribution in [0.15, 0.2) is 10.6 Å². The fourth-order valence-electron chi connectivity index (χ4n) is 1.97. The molecule has 3 rings (SSSR count). The molecule has 20 heavy (non-hydrogen) atoms. The molecule has 0 fully saturated rings. The molecule has 0 radical (unpaired) electrons. The second-order valence-corrected chi connectivity index (χ2v) is 5.46. The predicted octanol–water partition coefficient (Wildman–Crippen LogP) is 1.99. The van der Waals surface area contributed by atoms with E-state index < -0.39 is 0 Å². The number of hydrogen-bond donors (Lipinski definition) is 0. The van der Waals surface area contributed by atoms with Crippen LogP contribution in [0, 0.1) is 6.92 Å². The second kappa shape index (κ2) is 5.29. The largest absolute Gasteiger partial charge is 0.361 e. The van der Waals surface area contributed by atoms with Gasteiger partial charge in [0.2, 0.25) is 4.96 Å². The molecule has 0 N–H and O–H groups in total. The van der Waals surface area contributed by atoms with E-state index in [2.05, 4.69) is 39.2 Å². The molecule has 0 aliphatic carbocycles. The van der Waals surface area contributed by atoms with Crippen LogP contribution < -0.4 is 0 Å². The van der Waals surface area contributed by atoms with Gasteiger partial charge < -0.3 is 4.52 Å². The molecule has 0 aromatic carbocycles. The van der Waals surface area contributed by atoms with E-state index >= 15 is 0 Å². The summed E-state index contributed by atoms with van der Waals surface area (Å²) in [5, 5.41) is 17.7. The van der Waals surface area contributed by atoms with Crippen molar-refractivity contribution in [3.63, 3.8) is 0 Å². The van der Waals surface area contributed by atoms with Gasteiger partial charge in [-0.3, -0.25) is 4.90 Å². The Labute approximate surface area is 120 Å². The van der Waals surface area contributed by atoms with Crippen molar-refractivity contribution < 1.29 is 4.52 Å². The summed E-state index contributed by atoms with van der Waals surface area (Å²) in [6.07, 6.45) is 0. The molecule has 0 aliphatic rings. The smallest absolute Gasteiger partial charge is 0.235 e. The fraction of sp³-hybridized carbons (Fsp3) is 0.500. The van der Waals surface area contributed by atoms with Gasteiger partial charge in [0, 0.05) is 6.07 Å². The van der Waals surface area contributed by atoms with E-state index in [0.717, 1.165) is 46.9 Å². The van der Waals surface area contributed by atoms with E-state index in [4.69, 9.17) is 4.52 Å². The van der Waals surface area contributed by atoms with Crippen molar-refractivity contribution in [2.45, 2.75) is 27.3 Å². The molecule has 8 heteroatoms. The van der Waals surface area contributed by atoms with Crippen LogP contribution >= 0.6 is 11.3 Å². The third kappa shape index (κ3) is 2.32. The Balaban J connectivity index is 1.94. The average Bonchev–Trinajstić information content (AvgIpc) is 3.11. The lowest BCUT2D eigenvalue weighted by molar-refractivity contribution is 0.286. The second-order valence-electron chi connectivity index (χ2n) is 4.50. The normalized spacial score (nSPS) is 11.8. The Morgan fingerprint density at radius 1 is 1.30 bits per heavy atom. The van der Waals surface area contributed by atoms with Crippen molar-refractivity contribution in [1.29, 1.82) is 0 Å². The lowest BCUT2D eigenvalue weighted by Gasteiger charge is -2.15. The molecule has 3 aromatic heterocycles. The summed E-state index contributed by atoms with van der Waals surface area (Å²) in [5.41, 5.74) is 0.742. The standard InChI is InChI=1S/C12H16N6OS/c1-4-17(5-2)7-10-13-14-12-18(10)15-11(20-12)9-6-8(3)19-16-9/h6H,4-5,7H2,1-3H3. The zero-order chi connectivity index (χ0) is 14.1. The first-order valence-corrected chi connectivity index (χ1v) is 7.40. The summed E-state index contributed by atoms with van der Waals surface area (Å²) in [4.78, 5) is 3.05. The van der Waals surface area contributed by atoms with Crippen LogP contribution in [0.4, 0.5) is 0 Å². The van der Waals surface area contributed by atoms with Gasteiger partial charge in [-0.15, -0.1) is 10.2 Å². The Hall–Kier alpha value is -1.80. The fourth-order valence-corrected chi connectivity index (χ4v) is 2.78. The van der Waals surface area contributed by atoms with Gasteiger partial charge in [-0.2, -0.15) is 9.61 Å². The van der Waals surface area contributed by atoms with Crippen molar-refractivity contribution in [3.05, 3.63) is 17.7 Å². The highest BCUT2D eigenvalue weighted by molar-refractivity contribution is 7.19. The van der Waals surface area contributed by atoms with Crippen molar-refractivity contribution in [2.24, 2.45) is 0 Å². The first-order valence-electron chi connectivity index (χ1n) is 6.58. The molecule has 0 saturated heterocycles. The summed E-state index contributed by atoms with van der Waals surface area (Å²) >= 11 is 1.46. The van der Waals surface area contributed by atoms with E-state index in [9.17, 15) is 0 Å². The van der Waals surface area contributed by atoms with Crippen molar-refractivity contribution >= 4 is 16.3 Å². The Bertz CT molecular complexity index is 710. The molecule has 0 saturated carbocycles. The molecule has 0 bridgehead atoms. The van der Waals surface area contributed by atoms with Crippen LogP contribution in [0.3, 0.4) is 0 Å². The number of nitrogens with zero attached hydrogens (tertiary/aromatic N) is 6. The SMILES string of the molecule is CCN(CC)Cc1nnc2sc(-c3cc(C)on3)nn12. The zero-order valence-corrected chi connectivity index (χ0v) is 12.5. The van der Waals surface area contributed by atoms with Gasteiger partial charge >= 0.3 is 0 Å². The maximum absolute atomic E-state index is 5.08. The highest BCUT2D eigenvalue weighted by Crippen LogP contribution is 2.25. The third-order valence-electron chi connectivity index (χ3n) is 3.16. The van der Waals surface area contributed by atoms with Crippen molar-refractivity contribution in [2.75, 3.05) is 13.1 Å². The monoisotopic (exact) mass is 292 g/mol. The van der Waals surface area contributed by atoms with Gasteiger partial charge in [0.1, 0.15) is 11.5 Å². The minimum atomic E-state index is 0.742. The number of fused-ring (bicyclic) bond motifs is 1. The quantitative estimate of drug-likeness (QED) is 0.716. The van der Waals surface area contributed by atoms with Crippen LogP contribution in [0.25, 0.3) is 15.7 Å². The summed E-state index contributed by atoms with van der Waals surface area (Å²) in [7, 11) is 0. The van der Waals surface area contributed by atoms with Crippen LogP contribution in [-0.2, 0) is 6.54 Å². The Morgan fingerprint density at radius 2 is 2.10 bits per heavy atom. The molecule has 0 atom stereocenters. The van der Waals surface area contributed by atoms with Gasteiger partial charge in [-0.25, -0.2) is 0 Å². The molecule has 0 amide bonds. The molecular formula is C12H16N6OS. The molecule has 0 unspecified atom stereocenters. The number of aryl methyl sites for hydroxylation is 1. The summed E-state index contributed by atoms with van der Waals surface area (Å²) in [6.45, 7) is 8.83. The lowest BCUT2D eigenvalue weighted by atomic mass is 10.4. The molecule has 7 nitrogen and oxygen atoms in total. The van der Waals surface area contributed by atoms with Crippen LogP contribution in [0.5, 0.6) is 0 Å². The van der Waals surface area contributed by atoms with Gasteiger partial charge in [0.25, 0.3) is 0 Å². The van der Waals surface area contributed by atoms with E-state index in [-0.39, 0.29) is 0 Å². The molecule has 0 spiro atoms.